The Hall–Kier alpha value is -2.67. The van der Waals surface area contributed by atoms with Gasteiger partial charge in [0.15, 0.2) is 6.61 Å². The van der Waals surface area contributed by atoms with Crippen LogP contribution in [0, 0.1) is 0 Å². The predicted molar refractivity (Wildman–Crippen MR) is 114 cm³/mol. The van der Waals surface area contributed by atoms with Gasteiger partial charge in [-0.1, -0.05) is 31.2 Å². The molecule has 1 atom stereocenters. The van der Waals surface area contributed by atoms with E-state index in [1.165, 1.54) is 18.0 Å². The first kappa shape index (κ1) is 23.4. The topological polar surface area (TPSA) is 84.8 Å². The number of ether oxygens (including phenoxy) is 1. The zero-order valence-corrected chi connectivity index (χ0v) is 17.2. The Balaban J connectivity index is 2.55. The molecule has 0 heterocycles. The number of benzene rings is 1. The predicted octanol–water partition coefficient (Wildman–Crippen LogP) is 3.12. The Morgan fingerprint density at radius 2 is 2.00 bits per heavy atom. The second-order valence-corrected chi connectivity index (χ2v) is 6.83. The van der Waals surface area contributed by atoms with Gasteiger partial charge in [-0.25, -0.2) is 0 Å². The fraction of sp³-hybridized carbons (Fsp3) is 0.333. The number of imide groups is 1. The van der Waals surface area contributed by atoms with Gasteiger partial charge in [0.2, 0.25) is 18.1 Å². The number of allylic oxidation sites excluding steroid dienone is 3. The van der Waals surface area contributed by atoms with Gasteiger partial charge < -0.3 is 4.74 Å². The number of thioether (sulfide) groups is 1. The van der Waals surface area contributed by atoms with E-state index in [0.29, 0.717) is 18.6 Å². The molecule has 150 valence electrons. The van der Waals surface area contributed by atoms with Crippen LogP contribution >= 0.6 is 11.8 Å². The van der Waals surface area contributed by atoms with Gasteiger partial charge in [-0.05, 0) is 49.3 Å². The van der Waals surface area contributed by atoms with Crippen molar-refractivity contribution in [3.05, 3.63) is 53.8 Å². The summed E-state index contributed by atoms with van der Waals surface area (Å²) >= 11 is 1.37. The van der Waals surface area contributed by atoms with Gasteiger partial charge in [0.1, 0.15) is 5.75 Å². The summed E-state index contributed by atoms with van der Waals surface area (Å²) in [6.45, 7) is 3.85. The van der Waals surface area contributed by atoms with Crippen molar-refractivity contribution in [2.75, 3.05) is 12.9 Å². The molecule has 0 saturated carbocycles. The van der Waals surface area contributed by atoms with Gasteiger partial charge in [0, 0.05) is 6.20 Å². The van der Waals surface area contributed by atoms with Crippen LogP contribution < -0.4 is 10.1 Å². The van der Waals surface area contributed by atoms with E-state index in [1.54, 1.807) is 18.3 Å². The Morgan fingerprint density at radius 3 is 2.57 bits per heavy atom. The van der Waals surface area contributed by atoms with E-state index in [9.17, 15) is 14.4 Å². The van der Waals surface area contributed by atoms with Crippen LogP contribution in [0.5, 0.6) is 5.75 Å². The minimum absolute atomic E-state index is 0.100. The number of aliphatic imine (C=N–C) groups is 1. The molecule has 0 saturated heterocycles. The number of Topliss-reactive ketones (excluding diaryl/α,β-unsaturated/α-hetero) is 1. The summed E-state index contributed by atoms with van der Waals surface area (Å²) in [6.07, 6.45) is 10.3. The van der Waals surface area contributed by atoms with Crippen molar-refractivity contribution in [1.82, 2.24) is 5.32 Å². The Kier molecular flexibility index (Phi) is 11.3. The average molecular weight is 403 g/mol. The van der Waals surface area contributed by atoms with Crippen molar-refractivity contribution in [3.8, 4) is 5.75 Å². The lowest BCUT2D eigenvalue weighted by Gasteiger charge is -2.12. The summed E-state index contributed by atoms with van der Waals surface area (Å²) in [5, 5.41) is 1.82. The van der Waals surface area contributed by atoms with Crippen LogP contribution in [0.1, 0.15) is 25.8 Å². The van der Waals surface area contributed by atoms with E-state index in [0.717, 1.165) is 17.6 Å². The van der Waals surface area contributed by atoms with Crippen LogP contribution in [0.2, 0.25) is 0 Å². The summed E-state index contributed by atoms with van der Waals surface area (Å²) in [5.41, 5.74) is 1.97. The van der Waals surface area contributed by atoms with Crippen molar-refractivity contribution in [2.24, 2.45) is 4.99 Å². The number of nitrogens with zero attached hydrogens (tertiary/aromatic N) is 1. The first-order valence-corrected chi connectivity index (χ1v) is 10.2. The summed E-state index contributed by atoms with van der Waals surface area (Å²) in [6, 6.07) is 7.16. The molecule has 7 heteroatoms. The van der Waals surface area contributed by atoms with Crippen LogP contribution in [-0.4, -0.2) is 42.4 Å². The first-order valence-electron chi connectivity index (χ1n) is 8.90. The SMILES string of the molecule is C/C=C\C(=C/N=CC(=O)COc1ccc(CC(SC)C(=O)NC=O)cc1)CC. The molecule has 1 rings (SSSR count). The van der Waals surface area contributed by atoms with Gasteiger partial charge in [-0.2, -0.15) is 11.8 Å². The maximum atomic E-state index is 11.8. The first-order chi connectivity index (χ1) is 13.5. The Morgan fingerprint density at radius 1 is 1.29 bits per heavy atom. The van der Waals surface area contributed by atoms with Crippen molar-refractivity contribution in [2.45, 2.75) is 31.9 Å². The lowest BCUT2D eigenvalue weighted by Crippen LogP contribution is -2.32. The van der Waals surface area contributed by atoms with E-state index in [-0.39, 0.29) is 23.5 Å². The zero-order chi connectivity index (χ0) is 20.8. The number of nitrogens with one attached hydrogen (secondary N) is 1. The van der Waals surface area contributed by atoms with E-state index in [2.05, 4.69) is 10.3 Å². The van der Waals surface area contributed by atoms with Crippen LogP contribution in [0.3, 0.4) is 0 Å². The van der Waals surface area contributed by atoms with E-state index in [1.807, 2.05) is 44.4 Å². The fourth-order valence-electron chi connectivity index (χ4n) is 2.24. The third-order valence-electron chi connectivity index (χ3n) is 3.75. The van der Waals surface area contributed by atoms with E-state index < -0.39 is 0 Å². The number of amides is 2. The highest BCUT2D eigenvalue weighted by atomic mass is 32.2. The standard InChI is InChI=1S/C21H26N2O4S/c1-4-6-16(5-2)12-22-13-18(25)14-27-19-9-7-17(8-10-19)11-20(28-3)21(26)23-15-24/h4,6-10,12-13,15,20H,5,11,14H2,1-3H3,(H,23,24,26)/b6-4-,16-12-,22-13?. The van der Waals surface area contributed by atoms with Crippen LogP contribution in [0.4, 0.5) is 0 Å². The van der Waals surface area contributed by atoms with Crippen molar-refractivity contribution >= 4 is 36.1 Å². The number of hydrogen-bond acceptors (Lipinski definition) is 6. The largest absolute Gasteiger partial charge is 0.485 e. The molecular weight excluding hydrogens is 376 g/mol. The molecular formula is C21H26N2O4S. The number of carbonyl (C=O) groups is 3. The van der Waals surface area contributed by atoms with Crippen molar-refractivity contribution in [1.29, 1.82) is 0 Å². The third-order valence-corrected chi connectivity index (χ3v) is 4.70. The molecule has 1 aromatic carbocycles. The van der Waals surface area contributed by atoms with E-state index >= 15 is 0 Å². The summed E-state index contributed by atoms with van der Waals surface area (Å²) in [5.74, 6) is 0.00825. The van der Waals surface area contributed by atoms with Crippen molar-refractivity contribution in [3.63, 3.8) is 0 Å². The molecule has 28 heavy (non-hydrogen) atoms. The summed E-state index contributed by atoms with van der Waals surface area (Å²) in [7, 11) is 0. The number of ketones is 1. The average Bonchev–Trinajstić information content (AvgIpc) is 2.70. The molecule has 1 aromatic rings. The molecule has 0 bridgehead atoms. The fourth-order valence-corrected chi connectivity index (χ4v) is 2.89. The summed E-state index contributed by atoms with van der Waals surface area (Å²) < 4.78 is 5.47. The Bertz CT molecular complexity index is 739. The summed E-state index contributed by atoms with van der Waals surface area (Å²) in [4.78, 5) is 38.0. The molecule has 2 amide bonds. The third kappa shape index (κ3) is 8.81. The van der Waals surface area contributed by atoms with Gasteiger partial charge >= 0.3 is 0 Å². The Labute approximate surface area is 170 Å². The molecule has 0 aliphatic carbocycles. The molecule has 0 fully saturated rings. The molecule has 0 spiro atoms. The normalized spacial score (nSPS) is 12.9. The molecule has 0 aliphatic heterocycles. The number of hydrogen-bond donors (Lipinski definition) is 1. The second kappa shape index (κ2) is 13.5. The molecule has 0 radical (unpaired) electrons. The maximum absolute atomic E-state index is 11.8. The second-order valence-electron chi connectivity index (χ2n) is 5.79. The lowest BCUT2D eigenvalue weighted by molar-refractivity contribution is -0.124. The van der Waals surface area contributed by atoms with E-state index in [4.69, 9.17) is 4.74 Å². The van der Waals surface area contributed by atoms with Gasteiger partial charge in [0.05, 0.1) is 11.5 Å². The van der Waals surface area contributed by atoms with Crippen LogP contribution in [-0.2, 0) is 20.8 Å². The van der Waals surface area contributed by atoms with Gasteiger partial charge in [-0.15, -0.1) is 0 Å². The van der Waals surface area contributed by atoms with Gasteiger partial charge in [-0.3, -0.25) is 24.7 Å². The van der Waals surface area contributed by atoms with Crippen molar-refractivity contribution < 1.29 is 19.1 Å². The highest BCUT2D eigenvalue weighted by Crippen LogP contribution is 2.17. The molecule has 6 nitrogen and oxygen atoms in total. The number of rotatable bonds is 12. The zero-order valence-electron chi connectivity index (χ0n) is 16.4. The minimum Gasteiger partial charge on any atom is -0.485 e. The molecule has 0 aliphatic rings. The number of carbonyl (C=O) groups excluding carboxylic acids is 3. The molecule has 1 N–H and O–H groups in total. The minimum atomic E-state index is -0.349. The van der Waals surface area contributed by atoms with Crippen LogP contribution in [0.15, 0.2) is 53.2 Å². The van der Waals surface area contributed by atoms with Crippen LogP contribution in [0.25, 0.3) is 0 Å². The highest BCUT2D eigenvalue weighted by Gasteiger charge is 2.17. The lowest BCUT2D eigenvalue weighted by atomic mass is 10.1. The highest BCUT2D eigenvalue weighted by molar-refractivity contribution is 7.99. The van der Waals surface area contributed by atoms with Gasteiger partial charge in [0.25, 0.3) is 0 Å². The molecule has 1 unspecified atom stereocenters. The quantitative estimate of drug-likeness (QED) is 0.330. The smallest absolute Gasteiger partial charge is 0.239 e. The molecule has 0 aromatic heterocycles. The maximum Gasteiger partial charge on any atom is 0.239 e. The monoisotopic (exact) mass is 402 g/mol.